The third-order valence-electron chi connectivity index (χ3n) is 5.26. The van der Waals surface area contributed by atoms with Gasteiger partial charge in [-0.25, -0.2) is 4.79 Å². The van der Waals surface area contributed by atoms with Crippen LogP contribution in [0, 0.1) is 0 Å². The number of urea groups is 1. The Balaban J connectivity index is 1.34. The number of nitrogens with one attached hydrogen (secondary N) is 1. The van der Waals surface area contributed by atoms with Crippen LogP contribution in [0.1, 0.15) is 29.7 Å². The molecule has 2 amide bonds. The van der Waals surface area contributed by atoms with Gasteiger partial charge in [0.15, 0.2) is 0 Å². The summed E-state index contributed by atoms with van der Waals surface area (Å²) in [7, 11) is 0. The first-order chi connectivity index (χ1) is 12.3. The maximum atomic E-state index is 12.7. The SMILES string of the molecule is O=C(Nc1cccc2c1CCCC2)N1CCN(Cc2ccco2)CC1. The zero-order chi connectivity index (χ0) is 17.1. The smallest absolute Gasteiger partial charge is 0.321 e. The normalized spacial score (nSPS) is 18.0. The van der Waals surface area contributed by atoms with Crippen LogP contribution in [-0.4, -0.2) is 42.0 Å². The molecular weight excluding hydrogens is 314 g/mol. The summed E-state index contributed by atoms with van der Waals surface area (Å²) in [6, 6.07) is 10.2. The number of anilines is 1. The molecule has 5 heteroatoms. The molecule has 0 radical (unpaired) electrons. The Morgan fingerprint density at radius 3 is 2.68 bits per heavy atom. The molecular formula is C20H25N3O2. The van der Waals surface area contributed by atoms with Gasteiger partial charge in [0, 0.05) is 31.9 Å². The number of furan rings is 1. The van der Waals surface area contributed by atoms with Gasteiger partial charge in [0.25, 0.3) is 0 Å². The zero-order valence-corrected chi connectivity index (χ0v) is 14.5. The minimum absolute atomic E-state index is 0.0247. The quantitative estimate of drug-likeness (QED) is 0.931. The first kappa shape index (κ1) is 16.2. The molecule has 0 atom stereocenters. The Bertz CT molecular complexity index is 719. The number of amides is 2. The molecule has 1 aromatic heterocycles. The van der Waals surface area contributed by atoms with E-state index in [9.17, 15) is 4.79 Å². The van der Waals surface area contributed by atoms with Crippen molar-refractivity contribution in [1.82, 2.24) is 9.80 Å². The van der Waals surface area contributed by atoms with Gasteiger partial charge in [0.1, 0.15) is 5.76 Å². The fraction of sp³-hybridized carbons (Fsp3) is 0.450. The molecule has 2 aromatic rings. The number of hydrogen-bond acceptors (Lipinski definition) is 3. The average molecular weight is 339 g/mol. The summed E-state index contributed by atoms with van der Waals surface area (Å²) in [6.45, 7) is 4.07. The molecule has 2 heterocycles. The van der Waals surface area contributed by atoms with Gasteiger partial charge in [0.05, 0.1) is 12.8 Å². The summed E-state index contributed by atoms with van der Waals surface area (Å²) in [5, 5.41) is 3.15. The van der Waals surface area contributed by atoms with E-state index in [2.05, 4.69) is 22.3 Å². The van der Waals surface area contributed by atoms with Crippen LogP contribution in [0.4, 0.5) is 10.5 Å². The minimum Gasteiger partial charge on any atom is -0.468 e. The molecule has 1 aromatic carbocycles. The molecule has 1 aliphatic carbocycles. The van der Waals surface area contributed by atoms with E-state index in [1.165, 1.54) is 24.0 Å². The van der Waals surface area contributed by atoms with Gasteiger partial charge in [-0.1, -0.05) is 12.1 Å². The lowest BCUT2D eigenvalue weighted by Crippen LogP contribution is -2.49. The summed E-state index contributed by atoms with van der Waals surface area (Å²) in [5.41, 5.74) is 3.73. The molecule has 1 N–H and O–H groups in total. The highest BCUT2D eigenvalue weighted by molar-refractivity contribution is 5.90. The van der Waals surface area contributed by atoms with Gasteiger partial charge in [-0.15, -0.1) is 0 Å². The molecule has 1 fully saturated rings. The molecule has 0 saturated carbocycles. The highest BCUT2D eigenvalue weighted by atomic mass is 16.3. The van der Waals surface area contributed by atoms with Crippen molar-refractivity contribution in [2.24, 2.45) is 0 Å². The zero-order valence-electron chi connectivity index (χ0n) is 14.5. The Labute approximate surface area is 148 Å². The number of benzene rings is 1. The second kappa shape index (κ2) is 7.31. The monoisotopic (exact) mass is 339 g/mol. The van der Waals surface area contributed by atoms with E-state index in [1.807, 2.05) is 23.1 Å². The van der Waals surface area contributed by atoms with Crippen LogP contribution in [0.15, 0.2) is 41.0 Å². The molecule has 5 nitrogen and oxygen atoms in total. The number of piperazine rings is 1. The summed E-state index contributed by atoms with van der Waals surface area (Å²) < 4.78 is 5.41. The molecule has 132 valence electrons. The topological polar surface area (TPSA) is 48.7 Å². The van der Waals surface area contributed by atoms with Gasteiger partial charge < -0.3 is 14.6 Å². The largest absolute Gasteiger partial charge is 0.468 e. The molecule has 0 unspecified atom stereocenters. The minimum atomic E-state index is 0.0247. The number of aryl methyl sites for hydroxylation is 1. The molecule has 25 heavy (non-hydrogen) atoms. The highest BCUT2D eigenvalue weighted by Gasteiger charge is 2.23. The fourth-order valence-electron chi connectivity index (χ4n) is 3.82. The predicted octanol–water partition coefficient (Wildman–Crippen LogP) is 3.51. The molecule has 2 aliphatic rings. The number of carbonyl (C=O) groups excluding carboxylic acids is 1. The maximum absolute atomic E-state index is 12.7. The molecule has 1 saturated heterocycles. The lowest BCUT2D eigenvalue weighted by Gasteiger charge is -2.34. The van der Waals surface area contributed by atoms with Gasteiger partial charge in [0.2, 0.25) is 0 Å². The first-order valence-corrected chi connectivity index (χ1v) is 9.21. The third-order valence-corrected chi connectivity index (χ3v) is 5.26. The lowest BCUT2D eigenvalue weighted by atomic mass is 9.90. The van der Waals surface area contributed by atoms with E-state index < -0.39 is 0 Å². The summed E-state index contributed by atoms with van der Waals surface area (Å²) in [5.74, 6) is 0.980. The molecule has 0 spiro atoms. The molecule has 1 aliphatic heterocycles. The summed E-state index contributed by atoms with van der Waals surface area (Å²) in [6.07, 6.45) is 6.38. The van der Waals surface area contributed by atoms with E-state index in [1.54, 1.807) is 6.26 Å². The van der Waals surface area contributed by atoms with E-state index in [0.717, 1.165) is 57.0 Å². The van der Waals surface area contributed by atoms with Crippen LogP contribution in [0.3, 0.4) is 0 Å². The van der Waals surface area contributed by atoms with Gasteiger partial charge in [-0.2, -0.15) is 0 Å². The predicted molar refractivity (Wildman–Crippen MR) is 97.7 cm³/mol. The van der Waals surface area contributed by atoms with Crippen molar-refractivity contribution in [3.63, 3.8) is 0 Å². The van der Waals surface area contributed by atoms with Gasteiger partial charge >= 0.3 is 6.03 Å². The summed E-state index contributed by atoms with van der Waals surface area (Å²) >= 11 is 0. The number of nitrogens with zero attached hydrogens (tertiary/aromatic N) is 2. The Morgan fingerprint density at radius 2 is 1.88 bits per heavy atom. The van der Waals surface area contributed by atoms with Crippen molar-refractivity contribution in [3.8, 4) is 0 Å². The molecule has 0 bridgehead atoms. The maximum Gasteiger partial charge on any atom is 0.321 e. The third kappa shape index (κ3) is 3.71. The number of carbonyl (C=O) groups is 1. The highest BCUT2D eigenvalue weighted by Crippen LogP contribution is 2.28. The van der Waals surface area contributed by atoms with Crippen LogP contribution in [-0.2, 0) is 19.4 Å². The Morgan fingerprint density at radius 1 is 1.04 bits per heavy atom. The number of hydrogen-bond donors (Lipinski definition) is 1. The van der Waals surface area contributed by atoms with Crippen LogP contribution < -0.4 is 5.32 Å². The first-order valence-electron chi connectivity index (χ1n) is 9.21. The van der Waals surface area contributed by atoms with Crippen LogP contribution in [0.25, 0.3) is 0 Å². The van der Waals surface area contributed by atoms with Crippen LogP contribution >= 0.6 is 0 Å². The van der Waals surface area contributed by atoms with Crippen molar-refractivity contribution in [3.05, 3.63) is 53.5 Å². The van der Waals surface area contributed by atoms with Crippen LogP contribution in [0.2, 0.25) is 0 Å². The van der Waals surface area contributed by atoms with E-state index in [-0.39, 0.29) is 6.03 Å². The van der Waals surface area contributed by atoms with Crippen molar-refractivity contribution in [2.75, 3.05) is 31.5 Å². The second-order valence-electron chi connectivity index (χ2n) is 6.92. The van der Waals surface area contributed by atoms with Gasteiger partial charge in [-0.05, 0) is 55.0 Å². The Hall–Kier alpha value is -2.27. The van der Waals surface area contributed by atoms with E-state index >= 15 is 0 Å². The van der Waals surface area contributed by atoms with Crippen molar-refractivity contribution in [2.45, 2.75) is 32.2 Å². The van der Waals surface area contributed by atoms with Gasteiger partial charge in [-0.3, -0.25) is 4.90 Å². The number of fused-ring (bicyclic) bond motifs is 1. The Kier molecular flexibility index (Phi) is 4.74. The van der Waals surface area contributed by atoms with E-state index in [4.69, 9.17) is 4.42 Å². The standard InChI is InChI=1S/C20H25N3O2/c24-20(21-19-9-3-6-16-5-1-2-8-18(16)19)23-12-10-22(11-13-23)15-17-7-4-14-25-17/h3-4,6-7,9,14H,1-2,5,8,10-13,15H2,(H,21,24). The van der Waals surface area contributed by atoms with Crippen molar-refractivity contribution in [1.29, 1.82) is 0 Å². The lowest BCUT2D eigenvalue weighted by molar-refractivity contribution is 0.137. The second-order valence-corrected chi connectivity index (χ2v) is 6.92. The fourth-order valence-corrected chi connectivity index (χ4v) is 3.82. The average Bonchev–Trinajstić information content (AvgIpc) is 3.16. The van der Waals surface area contributed by atoms with Crippen molar-refractivity contribution >= 4 is 11.7 Å². The van der Waals surface area contributed by atoms with Crippen molar-refractivity contribution < 1.29 is 9.21 Å². The van der Waals surface area contributed by atoms with E-state index in [0.29, 0.717) is 0 Å². The molecule has 4 rings (SSSR count). The van der Waals surface area contributed by atoms with Crippen LogP contribution in [0.5, 0.6) is 0 Å². The number of rotatable bonds is 3. The summed E-state index contributed by atoms with van der Waals surface area (Å²) in [4.78, 5) is 16.9.